The van der Waals surface area contributed by atoms with Gasteiger partial charge in [0.05, 0.1) is 0 Å². The first kappa shape index (κ1) is 14.1. The quantitative estimate of drug-likeness (QED) is 0.907. The largest absolute Gasteiger partial charge is 0.361 e. The molecule has 1 aromatic heterocycles. The molecule has 3 rings (SSSR count). The lowest BCUT2D eigenvalue weighted by molar-refractivity contribution is 0.0948. The number of carbonyl (C=O) groups excluding carboxylic acids is 1. The van der Waals surface area contributed by atoms with Crippen molar-refractivity contribution in [1.82, 2.24) is 15.2 Å². The summed E-state index contributed by atoms with van der Waals surface area (Å²) in [5.41, 5.74) is 1.73. The molecule has 1 saturated heterocycles. The Kier molecular flexibility index (Phi) is 4.55. The maximum absolute atomic E-state index is 12.2. The number of benzene rings is 1. The van der Waals surface area contributed by atoms with Crippen LogP contribution >= 0.6 is 0 Å². The van der Waals surface area contributed by atoms with E-state index in [1.807, 2.05) is 30.5 Å². The number of fused-ring (bicyclic) bond motifs is 1. The molecule has 1 aromatic carbocycles. The van der Waals surface area contributed by atoms with Gasteiger partial charge in [-0.05, 0) is 49.5 Å². The molecule has 0 aliphatic carbocycles. The van der Waals surface area contributed by atoms with Gasteiger partial charge in [-0.25, -0.2) is 0 Å². The third-order valence-electron chi connectivity index (χ3n) is 4.23. The molecule has 2 N–H and O–H groups in total. The molecule has 1 aliphatic heterocycles. The monoisotopic (exact) mass is 285 g/mol. The van der Waals surface area contributed by atoms with E-state index in [1.54, 1.807) is 0 Å². The van der Waals surface area contributed by atoms with Gasteiger partial charge in [0.25, 0.3) is 5.91 Å². The number of hydrogen-bond donors (Lipinski definition) is 2. The highest BCUT2D eigenvalue weighted by Gasteiger charge is 2.10. The van der Waals surface area contributed by atoms with Crippen LogP contribution in [0.1, 0.15) is 36.0 Å². The van der Waals surface area contributed by atoms with E-state index >= 15 is 0 Å². The molecule has 2 heterocycles. The Balaban J connectivity index is 1.51. The van der Waals surface area contributed by atoms with Gasteiger partial charge in [-0.2, -0.15) is 0 Å². The highest BCUT2D eigenvalue weighted by atomic mass is 16.1. The Morgan fingerprint density at radius 2 is 1.95 bits per heavy atom. The Bertz CT molecular complexity index is 597. The van der Waals surface area contributed by atoms with Crippen LogP contribution in [-0.2, 0) is 0 Å². The highest BCUT2D eigenvalue weighted by molar-refractivity contribution is 5.97. The van der Waals surface area contributed by atoms with Crippen molar-refractivity contribution in [2.24, 2.45) is 0 Å². The van der Waals surface area contributed by atoms with Gasteiger partial charge in [0.1, 0.15) is 0 Å². The predicted molar refractivity (Wildman–Crippen MR) is 85.5 cm³/mol. The average Bonchev–Trinajstić information content (AvgIpc) is 2.82. The van der Waals surface area contributed by atoms with Crippen LogP contribution in [-0.4, -0.2) is 42.0 Å². The molecule has 1 fully saturated rings. The van der Waals surface area contributed by atoms with E-state index in [0.717, 1.165) is 29.6 Å². The van der Waals surface area contributed by atoms with Crippen LogP contribution in [0.4, 0.5) is 0 Å². The number of aromatic nitrogens is 1. The van der Waals surface area contributed by atoms with E-state index in [0.29, 0.717) is 0 Å². The molecular formula is C17H23N3O. The van der Waals surface area contributed by atoms with E-state index in [9.17, 15) is 4.79 Å². The number of H-pyrrole nitrogens is 1. The third-order valence-corrected chi connectivity index (χ3v) is 4.23. The van der Waals surface area contributed by atoms with Crippen LogP contribution in [0.3, 0.4) is 0 Å². The summed E-state index contributed by atoms with van der Waals surface area (Å²) in [6, 6.07) is 7.79. The van der Waals surface area contributed by atoms with E-state index in [1.165, 1.54) is 38.8 Å². The standard InChI is InChI=1S/C17H23N3O/c21-17(15-6-5-14-7-8-18-16(14)13-15)19-9-12-20-10-3-1-2-4-11-20/h5-8,13,18H,1-4,9-12H2,(H,19,21). The van der Waals surface area contributed by atoms with E-state index < -0.39 is 0 Å². The summed E-state index contributed by atoms with van der Waals surface area (Å²) in [4.78, 5) is 17.8. The second kappa shape index (κ2) is 6.76. The summed E-state index contributed by atoms with van der Waals surface area (Å²) in [7, 11) is 0. The Morgan fingerprint density at radius 1 is 1.14 bits per heavy atom. The Hall–Kier alpha value is -1.81. The number of nitrogens with zero attached hydrogens (tertiary/aromatic N) is 1. The van der Waals surface area contributed by atoms with Gasteiger partial charge in [-0.1, -0.05) is 18.9 Å². The fourth-order valence-corrected chi connectivity index (χ4v) is 2.98. The van der Waals surface area contributed by atoms with Gasteiger partial charge in [-0.3, -0.25) is 4.79 Å². The minimum Gasteiger partial charge on any atom is -0.361 e. The summed E-state index contributed by atoms with van der Waals surface area (Å²) in [6.45, 7) is 4.02. The van der Waals surface area contributed by atoms with Crippen molar-refractivity contribution in [1.29, 1.82) is 0 Å². The number of nitrogens with one attached hydrogen (secondary N) is 2. The van der Waals surface area contributed by atoms with Crippen LogP contribution in [0.2, 0.25) is 0 Å². The number of amides is 1. The number of likely N-dealkylation sites (tertiary alicyclic amines) is 1. The minimum absolute atomic E-state index is 0.0151. The molecule has 1 aliphatic rings. The van der Waals surface area contributed by atoms with Crippen molar-refractivity contribution in [3.8, 4) is 0 Å². The van der Waals surface area contributed by atoms with Crippen LogP contribution in [0.5, 0.6) is 0 Å². The van der Waals surface area contributed by atoms with Crippen molar-refractivity contribution in [2.45, 2.75) is 25.7 Å². The third kappa shape index (κ3) is 3.64. The molecular weight excluding hydrogens is 262 g/mol. The lowest BCUT2D eigenvalue weighted by Crippen LogP contribution is -2.35. The Morgan fingerprint density at radius 3 is 2.76 bits per heavy atom. The first-order valence-corrected chi connectivity index (χ1v) is 7.91. The van der Waals surface area contributed by atoms with Gasteiger partial charge in [0.2, 0.25) is 0 Å². The lowest BCUT2D eigenvalue weighted by atomic mass is 10.1. The zero-order valence-corrected chi connectivity index (χ0v) is 12.4. The molecule has 112 valence electrons. The maximum atomic E-state index is 12.2. The van der Waals surface area contributed by atoms with Gasteiger partial charge >= 0.3 is 0 Å². The number of carbonyl (C=O) groups is 1. The second-order valence-corrected chi connectivity index (χ2v) is 5.79. The SMILES string of the molecule is O=C(NCCN1CCCCCC1)c1ccc2cc[nH]c2c1. The van der Waals surface area contributed by atoms with Crippen LogP contribution in [0.15, 0.2) is 30.5 Å². The summed E-state index contributed by atoms with van der Waals surface area (Å²) < 4.78 is 0. The van der Waals surface area contributed by atoms with E-state index in [-0.39, 0.29) is 5.91 Å². The summed E-state index contributed by atoms with van der Waals surface area (Å²) >= 11 is 0. The summed E-state index contributed by atoms with van der Waals surface area (Å²) in [5.74, 6) is 0.0151. The molecule has 21 heavy (non-hydrogen) atoms. The number of hydrogen-bond acceptors (Lipinski definition) is 2. The van der Waals surface area contributed by atoms with Crippen LogP contribution < -0.4 is 5.32 Å². The van der Waals surface area contributed by atoms with Crippen molar-refractivity contribution in [3.05, 3.63) is 36.0 Å². The zero-order chi connectivity index (χ0) is 14.5. The molecule has 0 atom stereocenters. The lowest BCUT2D eigenvalue weighted by Gasteiger charge is -2.19. The molecule has 4 nitrogen and oxygen atoms in total. The maximum Gasteiger partial charge on any atom is 0.251 e. The molecule has 0 spiro atoms. The van der Waals surface area contributed by atoms with E-state index in [2.05, 4.69) is 15.2 Å². The van der Waals surface area contributed by atoms with Crippen LogP contribution in [0, 0.1) is 0 Å². The number of rotatable bonds is 4. The average molecular weight is 285 g/mol. The number of aromatic amines is 1. The topological polar surface area (TPSA) is 48.1 Å². The highest BCUT2D eigenvalue weighted by Crippen LogP contribution is 2.14. The van der Waals surface area contributed by atoms with Gasteiger partial charge in [-0.15, -0.1) is 0 Å². The second-order valence-electron chi connectivity index (χ2n) is 5.79. The van der Waals surface area contributed by atoms with Crippen molar-refractivity contribution < 1.29 is 4.79 Å². The first-order valence-electron chi connectivity index (χ1n) is 7.91. The fourth-order valence-electron chi connectivity index (χ4n) is 2.98. The van der Waals surface area contributed by atoms with Crippen molar-refractivity contribution >= 4 is 16.8 Å². The van der Waals surface area contributed by atoms with Crippen molar-refractivity contribution in [3.63, 3.8) is 0 Å². The van der Waals surface area contributed by atoms with Gasteiger partial charge < -0.3 is 15.2 Å². The minimum atomic E-state index is 0.0151. The first-order chi connectivity index (χ1) is 10.3. The van der Waals surface area contributed by atoms with Gasteiger partial charge in [0, 0.05) is 30.4 Å². The fraction of sp³-hybridized carbons (Fsp3) is 0.471. The van der Waals surface area contributed by atoms with E-state index in [4.69, 9.17) is 0 Å². The van der Waals surface area contributed by atoms with Gasteiger partial charge in [0.15, 0.2) is 0 Å². The van der Waals surface area contributed by atoms with Crippen molar-refractivity contribution in [2.75, 3.05) is 26.2 Å². The molecule has 0 radical (unpaired) electrons. The zero-order valence-electron chi connectivity index (χ0n) is 12.4. The smallest absolute Gasteiger partial charge is 0.251 e. The molecule has 0 bridgehead atoms. The summed E-state index contributed by atoms with van der Waals surface area (Å²) in [6.07, 6.45) is 7.17. The molecule has 0 unspecified atom stereocenters. The Labute approximate surface area is 125 Å². The molecule has 4 heteroatoms. The molecule has 0 saturated carbocycles. The normalized spacial score (nSPS) is 16.8. The van der Waals surface area contributed by atoms with Crippen LogP contribution in [0.25, 0.3) is 10.9 Å². The summed E-state index contributed by atoms with van der Waals surface area (Å²) in [5, 5.41) is 4.16. The molecule has 2 aromatic rings. The molecule has 1 amide bonds. The predicted octanol–water partition coefficient (Wildman–Crippen LogP) is 2.77.